The number of nitrogens with one attached hydrogen (secondary N) is 1. The molecule has 4 heteroatoms. The van der Waals surface area contributed by atoms with E-state index in [4.69, 9.17) is 4.74 Å². The molecule has 0 aliphatic rings. The van der Waals surface area contributed by atoms with Gasteiger partial charge in [0.15, 0.2) is 0 Å². The normalized spacial score (nSPS) is 10.3. The number of aryl methyl sites for hydroxylation is 1. The molecule has 0 aliphatic carbocycles. The summed E-state index contributed by atoms with van der Waals surface area (Å²) in [6.07, 6.45) is 0. The summed E-state index contributed by atoms with van der Waals surface area (Å²) in [7, 11) is 1.67. The third kappa shape index (κ3) is 3.86. The molecule has 0 amide bonds. The maximum absolute atomic E-state index is 5.23. The molecule has 0 saturated carbocycles. The molecular weight excluding hydrogens is 417 g/mol. The lowest BCUT2D eigenvalue weighted by Crippen LogP contribution is -2.01. The van der Waals surface area contributed by atoms with E-state index in [-0.39, 0.29) is 0 Å². The largest absolute Gasteiger partial charge is 0.496 e. The van der Waals surface area contributed by atoms with E-state index in [0.29, 0.717) is 0 Å². The van der Waals surface area contributed by atoms with Gasteiger partial charge in [-0.3, -0.25) is 0 Å². The van der Waals surface area contributed by atoms with Crippen molar-refractivity contribution in [3.05, 3.63) is 55.6 Å². The Balaban J connectivity index is 2.08. The monoisotopic (exact) mass is 431 g/mol. The molecule has 2 rings (SSSR count). The summed E-state index contributed by atoms with van der Waals surface area (Å²) >= 11 is 5.83. The van der Waals surface area contributed by atoms with E-state index in [1.54, 1.807) is 7.11 Å². The minimum absolute atomic E-state index is 0.796. The number of hydrogen-bond donors (Lipinski definition) is 1. The zero-order valence-electron chi connectivity index (χ0n) is 10.8. The SMILES string of the molecule is COc1ccc(CNc2ccc(I)cc2C)cc1Br. The van der Waals surface area contributed by atoms with Crippen LogP contribution in [0.15, 0.2) is 40.9 Å². The molecule has 0 fully saturated rings. The number of anilines is 1. The van der Waals surface area contributed by atoms with Crippen molar-refractivity contribution in [2.75, 3.05) is 12.4 Å². The molecule has 0 heterocycles. The van der Waals surface area contributed by atoms with Crippen LogP contribution in [0.5, 0.6) is 5.75 Å². The van der Waals surface area contributed by atoms with Crippen molar-refractivity contribution in [1.82, 2.24) is 0 Å². The van der Waals surface area contributed by atoms with Gasteiger partial charge in [-0.25, -0.2) is 0 Å². The molecule has 2 aromatic carbocycles. The average Bonchev–Trinajstić information content (AvgIpc) is 2.38. The fourth-order valence-electron chi connectivity index (χ4n) is 1.84. The lowest BCUT2D eigenvalue weighted by molar-refractivity contribution is 0.412. The lowest BCUT2D eigenvalue weighted by atomic mass is 10.1. The molecular formula is C15H15BrINO. The van der Waals surface area contributed by atoms with E-state index < -0.39 is 0 Å². The van der Waals surface area contributed by atoms with E-state index >= 15 is 0 Å². The molecule has 2 nitrogen and oxygen atoms in total. The van der Waals surface area contributed by atoms with Crippen LogP contribution in [0, 0.1) is 10.5 Å². The first kappa shape index (κ1) is 14.7. The molecule has 0 saturated heterocycles. The van der Waals surface area contributed by atoms with Gasteiger partial charge < -0.3 is 10.1 Å². The summed E-state index contributed by atoms with van der Waals surface area (Å²) in [5.74, 6) is 0.856. The van der Waals surface area contributed by atoms with Gasteiger partial charge in [0.1, 0.15) is 5.75 Å². The summed E-state index contributed by atoms with van der Waals surface area (Å²) < 4.78 is 7.46. The zero-order valence-corrected chi connectivity index (χ0v) is 14.6. The number of methoxy groups -OCH3 is 1. The Morgan fingerprint density at radius 1 is 1.21 bits per heavy atom. The van der Waals surface area contributed by atoms with Crippen molar-refractivity contribution in [3.8, 4) is 5.75 Å². The van der Waals surface area contributed by atoms with Crippen molar-refractivity contribution < 1.29 is 4.74 Å². The fourth-order valence-corrected chi connectivity index (χ4v) is 3.08. The molecule has 0 bridgehead atoms. The number of ether oxygens (including phenoxy) is 1. The van der Waals surface area contributed by atoms with Crippen molar-refractivity contribution in [2.45, 2.75) is 13.5 Å². The summed E-state index contributed by atoms with van der Waals surface area (Å²) in [5, 5.41) is 3.46. The van der Waals surface area contributed by atoms with E-state index in [1.165, 1.54) is 20.4 Å². The third-order valence-electron chi connectivity index (χ3n) is 2.89. The first-order valence-corrected chi connectivity index (χ1v) is 7.80. The van der Waals surface area contributed by atoms with E-state index in [1.807, 2.05) is 6.07 Å². The van der Waals surface area contributed by atoms with Gasteiger partial charge in [0, 0.05) is 15.8 Å². The molecule has 100 valence electrons. The second kappa shape index (κ2) is 6.61. The Kier molecular flexibility index (Phi) is 5.10. The standard InChI is InChI=1S/C15H15BrINO/c1-10-7-12(17)4-5-14(10)18-9-11-3-6-15(19-2)13(16)8-11/h3-8,18H,9H2,1-2H3. The first-order valence-electron chi connectivity index (χ1n) is 5.92. The molecule has 0 spiro atoms. The Morgan fingerprint density at radius 2 is 2.00 bits per heavy atom. The van der Waals surface area contributed by atoms with Crippen LogP contribution in [0.1, 0.15) is 11.1 Å². The summed E-state index contributed by atoms with van der Waals surface area (Å²) in [4.78, 5) is 0. The topological polar surface area (TPSA) is 21.3 Å². The number of benzene rings is 2. The molecule has 2 aromatic rings. The molecule has 19 heavy (non-hydrogen) atoms. The number of hydrogen-bond acceptors (Lipinski definition) is 2. The number of halogens is 2. The predicted octanol–water partition coefficient (Wildman–Crippen LogP) is 4.98. The van der Waals surface area contributed by atoms with Gasteiger partial charge in [-0.15, -0.1) is 0 Å². The van der Waals surface area contributed by atoms with Crippen molar-refractivity contribution >= 4 is 44.2 Å². The van der Waals surface area contributed by atoms with Gasteiger partial charge in [-0.2, -0.15) is 0 Å². The second-order valence-corrected chi connectivity index (χ2v) is 6.38. The highest BCUT2D eigenvalue weighted by atomic mass is 127. The van der Waals surface area contributed by atoms with Gasteiger partial charge in [-0.1, -0.05) is 6.07 Å². The zero-order chi connectivity index (χ0) is 13.8. The highest BCUT2D eigenvalue weighted by molar-refractivity contribution is 14.1. The van der Waals surface area contributed by atoms with Crippen LogP contribution in [-0.4, -0.2) is 7.11 Å². The van der Waals surface area contributed by atoms with Crippen LogP contribution >= 0.6 is 38.5 Å². The van der Waals surface area contributed by atoms with Gasteiger partial charge in [0.2, 0.25) is 0 Å². The maximum Gasteiger partial charge on any atom is 0.133 e. The van der Waals surface area contributed by atoms with Gasteiger partial charge in [0.25, 0.3) is 0 Å². The Hall–Kier alpha value is -0.750. The third-order valence-corrected chi connectivity index (χ3v) is 4.18. The second-order valence-electron chi connectivity index (χ2n) is 4.28. The highest BCUT2D eigenvalue weighted by Gasteiger charge is 2.03. The van der Waals surface area contributed by atoms with E-state index in [9.17, 15) is 0 Å². The predicted molar refractivity (Wildman–Crippen MR) is 91.9 cm³/mol. The van der Waals surface area contributed by atoms with Crippen LogP contribution in [0.4, 0.5) is 5.69 Å². The Morgan fingerprint density at radius 3 is 2.63 bits per heavy atom. The number of rotatable bonds is 4. The maximum atomic E-state index is 5.23. The van der Waals surface area contributed by atoms with Crippen molar-refractivity contribution in [1.29, 1.82) is 0 Å². The van der Waals surface area contributed by atoms with Crippen LogP contribution in [0.2, 0.25) is 0 Å². The quantitative estimate of drug-likeness (QED) is 0.689. The van der Waals surface area contributed by atoms with Crippen molar-refractivity contribution in [3.63, 3.8) is 0 Å². The summed E-state index contributed by atoms with van der Waals surface area (Å²) in [6, 6.07) is 12.5. The lowest BCUT2D eigenvalue weighted by Gasteiger charge is -2.11. The van der Waals surface area contributed by atoms with E-state index in [2.05, 4.69) is 81.1 Å². The van der Waals surface area contributed by atoms with Crippen LogP contribution in [0.25, 0.3) is 0 Å². The molecule has 0 atom stereocenters. The van der Waals surface area contributed by atoms with Gasteiger partial charge in [-0.05, 0) is 86.9 Å². The Bertz CT molecular complexity index is 586. The van der Waals surface area contributed by atoms with Crippen molar-refractivity contribution in [2.24, 2.45) is 0 Å². The van der Waals surface area contributed by atoms with E-state index in [0.717, 1.165) is 16.8 Å². The minimum atomic E-state index is 0.796. The smallest absolute Gasteiger partial charge is 0.133 e. The average molecular weight is 432 g/mol. The van der Waals surface area contributed by atoms with Crippen LogP contribution in [-0.2, 0) is 6.54 Å². The highest BCUT2D eigenvalue weighted by Crippen LogP contribution is 2.26. The molecule has 0 aromatic heterocycles. The van der Waals surface area contributed by atoms with Gasteiger partial charge in [0.05, 0.1) is 11.6 Å². The molecule has 0 aliphatic heterocycles. The fraction of sp³-hybridized carbons (Fsp3) is 0.200. The summed E-state index contributed by atoms with van der Waals surface area (Å²) in [5.41, 5.74) is 3.65. The minimum Gasteiger partial charge on any atom is -0.496 e. The first-order chi connectivity index (χ1) is 9.10. The van der Waals surface area contributed by atoms with Crippen LogP contribution < -0.4 is 10.1 Å². The van der Waals surface area contributed by atoms with Gasteiger partial charge >= 0.3 is 0 Å². The summed E-state index contributed by atoms with van der Waals surface area (Å²) in [6.45, 7) is 2.92. The molecule has 0 radical (unpaired) electrons. The molecule has 0 unspecified atom stereocenters. The van der Waals surface area contributed by atoms with Crippen LogP contribution in [0.3, 0.4) is 0 Å². The Labute approximate surface area is 135 Å². The molecule has 1 N–H and O–H groups in total.